The summed E-state index contributed by atoms with van der Waals surface area (Å²) in [6, 6.07) is 0. The molecule has 7 nitrogen and oxygen atoms in total. The topological polar surface area (TPSA) is 89.9 Å². The largest absolute Gasteiger partial charge is 0.464 e. The molecule has 0 atom stereocenters. The second-order valence-corrected chi connectivity index (χ2v) is 4.02. The number of carbonyl (C=O) groups excluding carboxylic acids is 1. The Kier molecular flexibility index (Phi) is 2.88. The van der Waals surface area contributed by atoms with Crippen molar-refractivity contribution in [1.82, 2.24) is 19.7 Å². The Balaban J connectivity index is 2.85. The van der Waals surface area contributed by atoms with Crippen molar-refractivity contribution in [3.05, 3.63) is 16.0 Å². The summed E-state index contributed by atoms with van der Waals surface area (Å²) >= 11 is 1.25. The zero-order valence-electron chi connectivity index (χ0n) is 9.47. The van der Waals surface area contributed by atoms with Crippen molar-refractivity contribution >= 4 is 28.8 Å². The summed E-state index contributed by atoms with van der Waals surface area (Å²) in [5, 5.41) is 3.09. The van der Waals surface area contributed by atoms with E-state index >= 15 is 0 Å². The fourth-order valence-corrected chi connectivity index (χ4v) is 1.78. The van der Waals surface area contributed by atoms with Gasteiger partial charge in [-0.05, 0) is 6.26 Å². The Labute approximate surface area is 100 Å². The van der Waals surface area contributed by atoms with E-state index in [4.69, 9.17) is 0 Å². The van der Waals surface area contributed by atoms with Crippen LogP contribution < -0.4 is 5.56 Å². The molecule has 0 aliphatic rings. The summed E-state index contributed by atoms with van der Waals surface area (Å²) < 4.78 is 5.87. The van der Waals surface area contributed by atoms with Gasteiger partial charge in [-0.25, -0.2) is 14.8 Å². The van der Waals surface area contributed by atoms with Crippen molar-refractivity contribution in [2.75, 3.05) is 13.4 Å². The monoisotopic (exact) mass is 254 g/mol. The summed E-state index contributed by atoms with van der Waals surface area (Å²) in [6.45, 7) is 0. The zero-order valence-corrected chi connectivity index (χ0v) is 10.3. The van der Waals surface area contributed by atoms with Crippen LogP contribution in [-0.4, -0.2) is 39.1 Å². The molecule has 0 radical (unpaired) electrons. The molecule has 0 saturated carbocycles. The molecule has 0 amide bonds. The van der Waals surface area contributed by atoms with Crippen LogP contribution in [0, 0.1) is 0 Å². The highest BCUT2D eigenvalue weighted by atomic mass is 32.2. The number of esters is 1. The van der Waals surface area contributed by atoms with Gasteiger partial charge in [-0.1, -0.05) is 11.8 Å². The van der Waals surface area contributed by atoms with Crippen LogP contribution in [0.3, 0.4) is 0 Å². The van der Waals surface area contributed by atoms with Gasteiger partial charge in [0.05, 0.1) is 7.11 Å². The molecule has 0 saturated heterocycles. The van der Waals surface area contributed by atoms with Crippen LogP contribution in [0.5, 0.6) is 0 Å². The highest BCUT2D eigenvalue weighted by Crippen LogP contribution is 2.16. The van der Waals surface area contributed by atoms with Gasteiger partial charge in [-0.2, -0.15) is 0 Å². The SMILES string of the molecule is COC(=O)c1nc(SC)nc2c(=O)n(C)[nH]c12. The molecule has 0 bridgehead atoms. The van der Waals surface area contributed by atoms with Crippen LogP contribution in [0.25, 0.3) is 11.0 Å². The number of aromatic nitrogens is 4. The Bertz CT molecular complexity index is 645. The lowest BCUT2D eigenvalue weighted by Crippen LogP contribution is -2.12. The molecule has 0 unspecified atom stereocenters. The van der Waals surface area contributed by atoms with Crippen LogP contribution in [0.2, 0.25) is 0 Å². The maximum absolute atomic E-state index is 11.7. The third kappa shape index (κ3) is 1.80. The van der Waals surface area contributed by atoms with Gasteiger partial charge in [-0.3, -0.25) is 14.6 Å². The van der Waals surface area contributed by atoms with E-state index in [0.717, 1.165) is 0 Å². The smallest absolute Gasteiger partial charge is 0.359 e. The van der Waals surface area contributed by atoms with Crippen LogP contribution in [0.15, 0.2) is 9.95 Å². The fourth-order valence-electron chi connectivity index (χ4n) is 1.41. The molecule has 0 spiro atoms. The van der Waals surface area contributed by atoms with Crippen LogP contribution in [-0.2, 0) is 11.8 Å². The summed E-state index contributed by atoms with van der Waals surface area (Å²) in [4.78, 5) is 31.4. The van der Waals surface area contributed by atoms with Crippen molar-refractivity contribution in [2.24, 2.45) is 7.05 Å². The van der Waals surface area contributed by atoms with E-state index in [1.807, 2.05) is 0 Å². The molecule has 2 rings (SSSR count). The van der Waals surface area contributed by atoms with Gasteiger partial charge in [0.25, 0.3) is 5.56 Å². The molecule has 2 aromatic rings. The van der Waals surface area contributed by atoms with Crippen LogP contribution in [0.4, 0.5) is 0 Å². The van der Waals surface area contributed by atoms with Gasteiger partial charge >= 0.3 is 5.97 Å². The maximum Gasteiger partial charge on any atom is 0.359 e. The third-order valence-corrected chi connectivity index (χ3v) is 2.78. The number of carbonyl (C=O) groups is 1. The van der Waals surface area contributed by atoms with Gasteiger partial charge in [0.15, 0.2) is 16.4 Å². The average molecular weight is 254 g/mol. The van der Waals surface area contributed by atoms with Crippen molar-refractivity contribution < 1.29 is 9.53 Å². The number of nitrogens with zero attached hydrogens (tertiary/aromatic N) is 3. The lowest BCUT2D eigenvalue weighted by molar-refractivity contribution is 0.0595. The molecular weight excluding hydrogens is 244 g/mol. The number of methoxy groups -OCH3 is 1. The molecule has 1 N–H and O–H groups in total. The number of ether oxygens (including phenoxy) is 1. The summed E-state index contributed by atoms with van der Waals surface area (Å²) in [7, 11) is 2.81. The molecule has 0 aliphatic carbocycles. The summed E-state index contributed by atoms with van der Waals surface area (Å²) in [5.41, 5.74) is 0.247. The number of fused-ring (bicyclic) bond motifs is 1. The number of aromatic amines is 1. The van der Waals surface area contributed by atoms with Gasteiger partial charge in [0.2, 0.25) is 0 Å². The molecule has 2 heterocycles. The number of nitrogens with one attached hydrogen (secondary N) is 1. The Morgan fingerprint density at radius 1 is 1.47 bits per heavy atom. The highest BCUT2D eigenvalue weighted by molar-refractivity contribution is 7.98. The van der Waals surface area contributed by atoms with Crippen molar-refractivity contribution in [1.29, 1.82) is 0 Å². The first-order valence-corrected chi connectivity index (χ1v) is 5.90. The number of hydrogen-bond donors (Lipinski definition) is 1. The van der Waals surface area contributed by atoms with E-state index in [1.165, 1.54) is 23.6 Å². The third-order valence-electron chi connectivity index (χ3n) is 2.24. The number of thioether (sulfide) groups is 1. The quantitative estimate of drug-likeness (QED) is 0.466. The lowest BCUT2D eigenvalue weighted by Gasteiger charge is -2.01. The number of rotatable bonds is 2. The molecule has 0 aromatic carbocycles. The van der Waals surface area contributed by atoms with Gasteiger partial charge in [0, 0.05) is 7.05 Å². The first-order chi connectivity index (χ1) is 8.08. The van der Waals surface area contributed by atoms with Crippen molar-refractivity contribution in [2.45, 2.75) is 5.16 Å². The molecule has 0 aliphatic heterocycles. The van der Waals surface area contributed by atoms with Crippen LogP contribution >= 0.6 is 11.8 Å². The van der Waals surface area contributed by atoms with Crippen LogP contribution in [0.1, 0.15) is 10.5 Å². The molecule has 8 heteroatoms. The van der Waals surface area contributed by atoms with Gasteiger partial charge in [0.1, 0.15) is 5.52 Å². The first-order valence-electron chi connectivity index (χ1n) is 4.67. The van der Waals surface area contributed by atoms with Crippen molar-refractivity contribution in [3.8, 4) is 0 Å². The van der Waals surface area contributed by atoms with E-state index in [1.54, 1.807) is 13.3 Å². The van der Waals surface area contributed by atoms with Crippen molar-refractivity contribution in [3.63, 3.8) is 0 Å². The van der Waals surface area contributed by atoms with Gasteiger partial charge < -0.3 is 4.74 Å². The predicted molar refractivity (Wildman–Crippen MR) is 62.3 cm³/mol. The minimum atomic E-state index is -0.602. The van der Waals surface area contributed by atoms with Gasteiger partial charge in [-0.15, -0.1) is 0 Å². The molecule has 17 heavy (non-hydrogen) atoms. The minimum absolute atomic E-state index is 0.0690. The maximum atomic E-state index is 11.7. The van der Waals surface area contributed by atoms with E-state index in [2.05, 4.69) is 19.8 Å². The van der Waals surface area contributed by atoms with E-state index in [9.17, 15) is 9.59 Å². The Hall–Kier alpha value is -1.83. The molecule has 90 valence electrons. The number of aryl methyl sites for hydroxylation is 1. The molecular formula is C9H10N4O3S. The van der Waals surface area contributed by atoms with E-state index in [-0.39, 0.29) is 16.8 Å². The van der Waals surface area contributed by atoms with E-state index < -0.39 is 5.97 Å². The standard InChI is InChI=1S/C9H10N4O3S/c1-13-7(14)5-4(12-13)6(8(15)16-2)11-9(10-5)17-3/h12H,1-3H3. The Morgan fingerprint density at radius 2 is 2.18 bits per heavy atom. The number of H-pyrrole nitrogens is 1. The molecule has 0 fully saturated rings. The predicted octanol–water partition coefficient (Wildman–Crippen LogP) is 0.165. The summed E-state index contributed by atoms with van der Waals surface area (Å²) in [6.07, 6.45) is 1.76. The average Bonchev–Trinajstić information content (AvgIpc) is 2.63. The highest BCUT2D eigenvalue weighted by Gasteiger charge is 2.19. The minimum Gasteiger partial charge on any atom is -0.464 e. The first kappa shape index (κ1) is 11.6. The zero-order chi connectivity index (χ0) is 12.6. The lowest BCUT2D eigenvalue weighted by atomic mass is 10.3. The second-order valence-electron chi connectivity index (χ2n) is 3.25. The Morgan fingerprint density at radius 3 is 2.76 bits per heavy atom. The fraction of sp³-hybridized carbons (Fsp3) is 0.333. The normalized spacial score (nSPS) is 10.8. The second kappa shape index (κ2) is 4.21. The van der Waals surface area contributed by atoms with E-state index in [0.29, 0.717) is 10.7 Å². The molecule has 2 aromatic heterocycles. The summed E-state index contributed by atoms with van der Waals surface area (Å²) in [5.74, 6) is -0.602. The number of hydrogen-bond acceptors (Lipinski definition) is 6.